The summed E-state index contributed by atoms with van der Waals surface area (Å²) in [6.07, 6.45) is 4.32. The van der Waals surface area contributed by atoms with Gasteiger partial charge in [-0.25, -0.2) is 0 Å². The summed E-state index contributed by atoms with van der Waals surface area (Å²) in [7, 11) is 0. The molecule has 1 aromatic carbocycles. The molecule has 0 fully saturated rings. The van der Waals surface area contributed by atoms with Crippen LogP contribution in [0.25, 0.3) is 0 Å². The normalized spacial score (nSPS) is 12.3. The second-order valence-electron chi connectivity index (χ2n) is 6.70. The lowest BCUT2D eigenvalue weighted by Gasteiger charge is -2.28. The molecule has 0 atom stereocenters. The highest BCUT2D eigenvalue weighted by molar-refractivity contribution is 5.33. The van der Waals surface area contributed by atoms with Crippen molar-refractivity contribution in [3.63, 3.8) is 0 Å². The standard InChI is InChI=1S/C18H30O2/c1-7-12-17(3,4)19-15-10-9-11-16(14-15)20-18(5,6)13-8-2/h9-11,14H,7-8,12-13H2,1-6H3. The van der Waals surface area contributed by atoms with Gasteiger partial charge in [0.1, 0.15) is 22.7 Å². The second-order valence-corrected chi connectivity index (χ2v) is 6.70. The van der Waals surface area contributed by atoms with E-state index < -0.39 is 0 Å². The molecule has 2 heteroatoms. The molecule has 0 bridgehead atoms. The van der Waals surface area contributed by atoms with Gasteiger partial charge in [-0.2, -0.15) is 0 Å². The first kappa shape index (κ1) is 16.9. The number of hydrogen-bond acceptors (Lipinski definition) is 2. The quantitative estimate of drug-likeness (QED) is 0.616. The molecule has 0 aliphatic carbocycles. The maximum Gasteiger partial charge on any atom is 0.123 e. The molecule has 114 valence electrons. The molecule has 0 aliphatic heterocycles. The van der Waals surface area contributed by atoms with E-state index >= 15 is 0 Å². The Morgan fingerprint density at radius 1 is 0.800 bits per heavy atom. The Morgan fingerprint density at radius 3 is 1.55 bits per heavy atom. The summed E-state index contributed by atoms with van der Waals surface area (Å²) in [5, 5.41) is 0. The van der Waals surface area contributed by atoms with Crippen LogP contribution < -0.4 is 9.47 Å². The molecule has 0 unspecified atom stereocenters. The van der Waals surface area contributed by atoms with Crippen molar-refractivity contribution in [2.45, 2.75) is 78.4 Å². The monoisotopic (exact) mass is 278 g/mol. The van der Waals surface area contributed by atoms with Crippen LogP contribution in [0, 0.1) is 0 Å². The van der Waals surface area contributed by atoms with Gasteiger partial charge in [-0.3, -0.25) is 0 Å². The predicted octanol–water partition coefficient (Wildman–Crippen LogP) is 5.60. The summed E-state index contributed by atoms with van der Waals surface area (Å²) in [5.74, 6) is 1.77. The van der Waals surface area contributed by atoms with Crippen LogP contribution in [0.3, 0.4) is 0 Å². The first-order chi connectivity index (χ1) is 9.28. The zero-order valence-electron chi connectivity index (χ0n) is 14.0. The number of rotatable bonds is 8. The lowest BCUT2D eigenvalue weighted by atomic mass is 10.0. The van der Waals surface area contributed by atoms with Crippen LogP contribution in [0.4, 0.5) is 0 Å². The van der Waals surface area contributed by atoms with E-state index in [4.69, 9.17) is 9.47 Å². The molecule has 0 radical (unpaired) electrons. The van der Waals surface area contributed by atoms with E-state index in [1.807, 2.05) is 24.3 Å². The van der Waals surface area contributed by atoms with Crippen molar-refractivity contribution in [3.8, 4) is 11.5 Å². The highest BCUT2D eigenvalue weighted by atomic mass is 16.5. The van der Waals surface area contributed by atoms with Gasteiger partial charge in [-0.1, -0.05) is 32.8 Å². The molecule has 20 heavy (non-hydrogen) atoms. The van der Waals surface area contributed by atoms with Gasteiger partial charge in [0, 0.05) is 6.07 Å². The number of hydrogen-bond donors (Lipinski definition) is 0. The van der Waals surface area contributed by atoms with Crippen molar-refractivity contribution in [1.29, 1.82) is 0 Å². The van der Waals surface area contributed by atoms with Crippen molar-refractivity contribution < 1.29 is 9.47 Å². The first-order valence-corrected chi connectivity index (χ1v) is 7.76. The van der Waals surface area contributed by atoms with E-state index in [-0.39, 0.29) is 11.2 Å². The Hall–Kier alpha value is -1.18. The van der Waals surface area contributed by atoms with Crippen LogP contribution in [0.15, 0.2) is 24.3 Å². The van der Waals surface area contributed by atoms with E-state index in [9.17, 15) is 0 Å². The summed E-state index contributed by atoms with van der Waals surface area (Å²) in [6, 6.07) is 7.98. The molecule has 0 aromatic heterocycles. The van der Waals surface area contributed by atoms with Gasteiger partial charge in [0.25, 0.3) is 0 Å². The minimum atomic E-state index is -0.133. The van der Waals surface area contributed by atoms with E-state index in [0.717, 1.165) is 37.2 Å². The maximum absolute atomic E-state index is 6.08. The summed E-state index contributed by atoms with van der Waals surface area (Å²) in [4.78, 5) is 0. The van der Waals surface area contributed by atoms with E-state index in [2.05, 4.69) is 41.5 Å². The third kappa shape index (κ3) is 5.85. The summed E-state index contributed by atoms with van der Waals surface area (Å²) >= 11 is 0. The molecule has 2 nitrogen and oxygen atoms in total. The van der Waals surface area contributed by atoms with Crippen LogP contribution in [0.5, 0.6) is 11.5 Å². The summed E-state index contributed by atoms with van der Waals surface area (Å²) < 4.78 is 12.2. The molecule has 0 N–H and O–H groups in total. The van der Waals surface area contributed by atoms with Gasteiger partial charge in [-0.05, 0) is 52.7 Å². The Morgan fingerprint density at radius 2 is 1.20 bits per heavy atom. The molecule has 0 heterocycles. The van der Waals surface area contributed by atoms with Crippen molar-refractivity contribution in [3.05, 3.63) is 24.3 Å². The van der Waals surface area contributed by atoms with Crippen molar-refractivity contribution in [2.24, 2.45) is 0 Å². The zero-order chi connectivity index (χ0) is 15.2. The second kappa shape index (κ2) is 7.01. The number of ether oxygens (including phenoxy) is 2. The molecule has 0 amide bonds. The van der Waals surface area contributed by atoms with Gasteiger partial charge in [0.2, 0.25) is 0 Å². The third-order valence-corrected chi connectivity index (χ3v) is 3.30. The molecular formula is C18H30O2. The fourth-order valence-electron chi connectivity index (χ4n) is 2.55. The lowest BCUT2D eigenvalue weighted by molar-refractivity contribution is 0.0899. The van der Waals surface area contributed by atoms with Crippen LogP contribution in [-0.4, -0.2) is 11.2 Å². The fourth-order valence-corrected chi connectivity index (χ4v) is 2.55. The average Bonchev–Trinajstić information content (AvgIpc) is 2.27. The van der Waals surface area contributed by atoms with Gasteiger partial charge in [0.05, 0.1) is 0 Å². The molecule has 1 rings (SSSR count). The van der Waals surface area contributed by atoms with Crippen LogP contribution in [0.1, 0.15) is 67.2 Å². The molecule has 0 aliphatic rings. The van der Waals surface area contributed by atoms with E-state index in [1.54, 1.807) is 0 Å². The Bertz CT molecular complexity index is 372. The Labute approximate surface area is 124 Å². The first-order valence-electron chi connectivity index (χ1n) is 7.76. The number of benzene rings is 1. The largest absolute Gasteiger partial charge is 0.488 e. The van der Waals surface area contributed by atoms with Crippen molar-refractivity contribution in [2.75, 3.05) is 0 Å². The van der Waals surface area contributed by atoms with E-state index in [0.29, 0.717) is 0 Å². The molecule has 0 saturated carbocycles. The van der Waals surface area contributed by atoms with Crippen molar-refractivity contribution >= 4 is 0 Å². The Kier molecular flexibility index (Phi) is 5.91. The van der Waals surface area contributed by atoms with Crippen LogP contribution in [0.2, 0.25) is 0 Å². The molecule has 0 saturated heterocycles. The smallest absolute Gasteiger partial charge is 0.123 e. The minimum Gasteiger partial charge on any atom is -0.488 e. The van der Waals surface area contributed by atoms with Crippen LogP contribution >= 0.6 is 0 Å². The van der Waals surface area contributed by atoms with E-state index in [1.165, 1.54) is 0 Å². The molecule has 1 aromatic rings. The summed E-state index contributed by atoms with van der Waals surface area (Å²) in [5.41, 5.74) is -0.265. The van der Waals surface area contributed by atoms with Gasteiger partial charge >= 0.3 is 0 Å². The highest BCUT2D eigenvalue weighted by Crippen LogP contribution is 2.28. The predicted molar refractivity (Wildman–Crippen MR) is 85.7 cm³/mol. The van der Waals surface area contributed by atoms with Crippen molar-refractivity contribution in [1.82, 2.24) is 0 Å². The lowest BCUT2D eigenvalue weighted by Crippen LogP contribution is -2.28. The maximum atomic E-state index is 6.08. The molecular weight excluding hydrogens is 248 g/mol. The van der Waals surface area contributed by atoms with Gasteiger partial charge in [0.15, 0.2) is 0 Å². The Balaban J connectivity index is 2.76. The molecule has 0 spiro atoms. The van der Waals surface area contributed by atoms with Gasteiger partial charge < -0.3 is 9.47 Å². The van der Waals surface area contributed by atoms with Gasteiger partial charge in [-0.15, -0.1) is 0 Å². The third-order valence-electron chi connectivity index (χ3n) is 3.30. The SMILES string of the molecule is CCCC(C)(C)Oc1cccc(OC(C)(C)CCC)c1. The fraction of sp³-hybridized carbons (Fsp3) is 0.667. The highest BCUT2D eigenvalue weighted by Gasteiger charge is 2.21. The summed E-state index contributed by atoms with van der Waals surface area (Å²) in [6.45, 7) is 12.9. The van der Waals surface area contributed by atoms with Crippen LogP contribution in [-0.2, 0) is 0 Å². The average molecular weight is 278 g/mol. The topological polar surface area (TPSA) is 18.5 Å². The minimum absolute atomic E-state index is 0.133. The zero-order valence-corrected chi connectivity index (χ0v) is 14.0.